The molecule has 1 unspecified atom stereocenters. The summed E-state index contributed by atoms with van der Waals surface area (Å²) in [5, 5.41) is 0. The van der Waals surface area contributed by atoms with Crippen LogP contribution in [0.4, 0.5) is 4.79 Å². The third-order valence-corrected chi connectivity index (χ3v) is 5.58. The number of ether oxygens (including phenoxy) is 1. The minimum absolute atomic E-state index is 0.0240. The van der Waals surface area contributed by atoms with E-state index in [1.807, 2.05) is 30.3 Å². The van der Waals surface area contributed by atoms with E-state index in [9.17, 15) is 18.0 Å². The molecule has 1 fully saturated rings. The molecule has 1 atom stereocenters. The smallest absolute Gasteiger partial charge is 0.410 e. The Balaban J connectivity index is 2.02. The Bertz CT molecular complexity index is 662. The fraction of sp³-hybridized carbons (Fsp3) is 0.467. The highest BCUT2D eigenvalue weighted by Gasteiger charge is 2.36. The summed E-state index contributed by atoms with van der Waals surface area (Å²) in [7, 11) is -3.26. The highest BCUT2D eigenvalue weighted by atomic mass is 35.5. The van der Waals surface area contributed by atoms with Crippen molar-refractivity contribution in [3.8, 4) is 0 Å². The Labute approximate surface area is 140 Å². The molecular formula is C15H18ClNO5S. The summed E-state index contributed by atoms with van der Waals surface area (Å²) in [4.78, 5) is 25.1. The summed E-state index contributed by atoms with van der Waals surface area (Å²) in [6, 6.07) is 8.44. The number of benzene rings is 1. The van der Waals surface area contributed by atoms with Crippen molar-refractivity contribution in [3.63, 3.8) is 0 Å². The molecule has 23 heavy (non-hydrogen) atoms. The van der Waals surface area contributed by atoms with Gasteiger partial charge >= 0.3 is 6.09 Å². The number of carbonyl (C=O) groups is 2. The van der Waals surface area contributed by atoms with Crippen LogP contribution in [0, 0.1) is 0 Å². The van der Waals surface area contributed by atoms with Gasteiger partial charge in [-0.15, -0.1) is 11.6 Å². The van der Waals surface area contributed by atoms with Crippen LogP contribution in [0.5, 0.6) is 0 Å². The van der Waals surface area contributed by atoms with Gasteiger partial charge in [-0.05, 0) is 5.56 Å². The number of hydrogen-bond donors (Lipinski definition) is 0. The third-order valence-electron chi connectivity index (χ3n) is 3.58. The normalized spacial score (nSPS) is 20.0. The standard InChI is InChI=1S/C15H18ClNO5S/c16-9-14(18)8-13-11-23(20,21)7-6-17(13)15(19)22-10-12-4-2-1-3-5-12/h1-5,13H,6-11H2. The summed E-state index contributed by atoms with van der Waals surface area (Å²) < 4.78 is 28.7. The minimum Gasteiger partial charge on any atom is -0.445 e. The number of ketones is 1. The molecule has 1 amide bonds. The predicted octanol–water partition coefficient (Wildman–Crippen LogP) is 1.62. The first-order valence-corrected chi connectivity index (χ1v) is 9.52. The van der Waals surface area contributed by atoms with Crippen LogP contribution in [0.15, 0.2) is 30.3 Å². The quantitative estimate of drug-likeness (QED) is 0.746. The van der Waals surface area contributed by atoms with Crippen molar-refractivity contribution < 1.29 is 22.7 Å². The number of carbonyl (C=O) groups excluding carboxylic acids is 2. The molecule has 126 valence electrons. The lowest BCUT2D eigenvalue weighted by atomic mass is 10.1. The molecule has 1 aliphatic rings. The first kappa shape index (κ1) is 17.7. The molecule has 0 aromatic heterocycles. The van der Waals surface area contributed by atoms with Crippen molar-refractivity contribution in [2.24, 2.45) is 0 Å². The fourth-order valence-electron chi connectivity index (χ4n) is 2.42. The lowest BCUT2D eigenvalue weighted by Gasteiger charge is -2.34. The molecule has 0 N–H and O–H groups in total. The Kier molecular flexibility index (Phi) is 6.01. The van der Waals surface area contributed by atoms with Crippen molar-refractivity contribution >= 4 is 33.3 Å². The maximum atomic E-state index is 12.2. The minimum atomic E-state index is -3.26. The molecule has 0 bridgehead atoms. The summed E-state index contributed by atoms with van der Waals surface area (Å²) in [5.74, 6) is -0.868. The zero-order chi connectivity index (χ0) is 16.9. The molecule has 0 spiro atoms. The largest absolute Gasteiger partial charge is 0.445 e. The molecule has 0 aliphatic carbocycles. The number of amides is 1. The number of nitrogens with zero attached hydrogens (tertiary/aromatic N) is 1. The Morgan fingerprint density at radius 2 is 1.96 bits per heavy atom. The number of hydrogen-bond acceptors (Lipinski definition) is 5. The molecule has 0 radical (unpaired) electrons. The van der Waals surface area contributed by atoms with Crippen molar-refractivity contribution in [1.82, 2.24) is 4.90 Å². The van der Waals surface area contributed by atoms with Crippen molar-refractivity contribution in [2.45, 2.75) is 19.1 Å². The van der Waals surface area contributed by atoms with Gasteiger partial charge in [0.05, 0.1) is 23.4 Å². The van der Waals surface area contributed by atoms with Crippen LogP contribution in [0.25, 0.3) is 0 Å². The van der Waals surface area contributed by atoms with E-state index in [0.29, 0.717) is 0 Å². The van der Waals surface area contributed by atoms with Crippen molar-refractivity contribution in [2.75, 3.05) is 23.9 Å². The summed E-state index contributed by atoms with van der Waals surface area (Å²) in [6.45, 7) is 0.120. The number of Topliss-reactive ketones (excluding diaryl/α,β-unsaturated/α-hetero) is 1. The van der Waals surface area contributed by atoms with Gasteiger partial charge in [-0.3, -0.25) is 4.79 Å². The van der Waals surface area contributed by atoms with E-state index in [0.717, 1.165) is 5.56 Å². The summed E-state index contributed by atoms with van der Waals surface area (Å²) in [6.07, 6.45) is -0.695. The van der Waals surface area contributed by atoms with Crippen LogP contribution in [0.1, 0.15) is 12.0 Å². The maximum Gasteiger partial charge on any atom is 0.410 e. The summed E-state index contributed by atoms with van der Waals surface area (Å²) >= 11 is 5.48. The van der Waals surface area contributed by atoms with Gasteiger partial charge in [0.15, 0.2) is 9.84 Å². The second-order valence-electron chi connectivity index (χ2n) is 5.38. The van der Waals surface area contributed by atoms with Gasteiger partial charge in [0.2, 0.25) is 0 Å². The average molecular weight is 360 g/mol. The van der Waals surface area contributed by atoms with Crippen LogP contribution >= 0.6 is 11.6 Å². The van der Waals surface area contributed by atoms with Crippen molar-refractivity contribution in [3.05, 3.63) is 35.9 Å². The van der Waals surface area contributed by atoms with Crippen LogP contribution in [-0.2, 0) is 26.0 Å². The van der Waals surface area contributed by atoms with Gasteiger partial charge in [-0.25, -0.2) is 13.2 Å². The lowest BCUT2D eigenvalue weighted by molar-refractivity contribution is -0.117. The topological polar surface area (TPSA) is 80.8 Å². The highest BCUT2D eigenvalue weighted by Crippen LogP contribution is 2.17. The molecule has 0 saturated carbocycles. The molecule has 1 aromatic rings. The Morgan fingerprint density at radius 3 is 2.61 bits per heavy atom. The molecule has 6 nitrogen and oxygen atoms in total. The van der Waals surface area contributed by atoms with Gasteiger partial charge in [0.1, 0.15) is 12.4 Å². The van der Waals surface area contributed by atoms with E-state index < -0.39 is 22.0 Å². The molecular weight excluding hydrogens is 342 g/mol. The zero-order valence-electron chi connectivity index (χ0n) is 12.5. The monoisotopic (exact) mass is 359 g/mol. The number of alkyl halides is 1. The molecule has 1 aromatic carbocycles. The average Bonchev–Trinajstić information content (AvgIpc) is 2.53. The van der Waals surface area contributed by atoms with E-state index >= 15 is 0 Å². The highest BCUT2D eigenvalue weighted by molar-refractivity contribution is 7.91. The molecule has 1 heterocycles. The first-order chi connectivity index (χ1) is 10.9. The first-order valence-electron chi connectivity index (χ1n) is 7.16. The van der Waals surface area contributed by atoms with E-state index in [2.05, 4.69) is 0 Å². The van der Waals surface area contributed by atoms with Crippen LogP contribution in [0.3, 0.4) is 0 Å². The van der Waals surface area contributed by atoms with Crippen molar-refractivity contribution in [1.29, 1.82) is 0 Å². The van der Waals surface area contributed by atoms with Crippen LogP contribution in [0.2, 0.25) is 0 Å². The number of halogens is 1. The second-order valence-corrected chi connectivity index (χ2v) is 7.87. The molecule has 1 saturated heterocycles. The molecule has 1 aliphatic heterocycles. The second kappa shape index (κ2) is 7.79. The SMILES string of the molecule is O=C(CCl)CC1CS(=O)(=O)CCN1C(=O)OCc1ccccc1. The Morgan fingerprint density at radius 1 is 1.26 bits per heavy atom. The molecule has 2 rings (SSSR count). The van der Waals surface area contributed by atoms with Gasteiger partial charge < -0.3 is 9.64 Å². The van der Waals surface area contributed by atoms with Gasteiger partial charge in [0.25, 0.3) is 0 Å². The predicted molar refractivity (Wildman–Crippen MR) is 86.1 cm³/mol. The van der Waals surface area contributed by atoms with E-state index in [1.54, 1.807) is 0 Å². The van der Waals surface area contributed by atoms with E-state index in [-0.39, 0.29) is 42.7 Å². The van der Waals surface area contributed by atoms with Gasteiger partial charge in [0, 0.05) is 13.0 Å². The van der Waals surface area contributed by atoms with Crippen LogP contribution < -0.4 is 0 Å². The van der Waals surface area contributed by atoms with Gasteiger partial charge in [-0.2, -0.15) is 0 Å². The zero-order valence-corrected chi connectivity index (χ0v) is 14.1. The van der Waals surface area contributed by atoms with E-state index in [1.165, 1.54) is 4.90 Å². The Hall–Kier alpha value is -1.60. The maximum absolute atomic E-state index is 12.2. The van der Waals surface area contributed by atoms with Crippen LogP contribution in [-0.4, -0.2) is 55.2 Å². The lowest BCUT2D eigenvalue weighted by Crippen LogP contribution is -2.52. The fourth-order valence-corrected chi connectivity index (χ4v) is 4.05. The number of sulfone groups is 1. The third kappa shape index (κ3) is 5.21. The van der Waals surface area contributed by atoms with E-state index in [4.69, 9.17) is 16.3 Å². The number of rotatable bonds is 5. The molecule has 8 heteroatoms. The summed E-state index contributed by atoms with van der Waals surface area (Å²) in [5.41, 5.74) is 0.832. The van der Waals surface area contributed by atoms with Gasteiger partial charge in [-0.1, -0.05) is 30.3 Å².